The summed E-state index contributed by atoms with van der Waals surface area (Å²) in [5.41, 5.74) is 1.53. The number of ether oxygens (including phenoxy) is 1. The number of pyridine rings is 1. The van der Waals surface area contributed by atoms with Crippen molar-refractivity contribution in [2.45, 2.75) is 13.5 Å². The van der Waals surface area contributed by atoms with Crippen molar-refractivity contribution in [2.75, 3.05) is 0 Å². The van der Waals surface area contributed by atoms with E-state index in [1.54, 1.807) is 36.5 Å². The topological polar surface area (TPSA) is 63.0 Å². The molecule has 0 aliphatic heterocycles. The Morgan fingerprint density at radius 2 is 2.25 bits per heavy atom. The minimum Gasteiger partial charge on any atom is -0.487 e. The van der Waals surface area contributed by atoms with Crippen molar-refractivity contribution in [3.05, 3.63) is 58.4 Å². The quantitative estimate of drug-likeness (QED) is 0.808. The van der Waals surface area contributed by atoms with E-state index in [0.717, 1.165) is 0 Å². The van der Waals surface area contributed by atoms with E-state index in [2.05, 4.69) is 4.98 Å². The van der Waals surface area contributed by atoms with E-state index < -0.39 is 0 Å². The molecule has 0 unspecified atom stereocenters. The van der Waals surface area contributed by atoms with E-state index in [1.807, 2.05) is 6.07 Å². The molecule has 100 valence electrons. The molecule has 4 nitrogen and oxygen atoms in total. The van der Waals surface area contributed by atoms with Gasteiger partial charge < -0.3 is 4.74 Å². The molecule has 2 rings (SSSR count). The van der Waals surface area contributed by atoms with Gasteiger partial charge in [0.2, 0.25) is 0 Å². The van der Waals surface area contributed by atoms with Crippen LogP contribution in [0.4, 0.5) is 0 Å². The Hall–Kier alpha value is -2.38. The summed E-state index contributed by atoms with van der Waals surface area (Å²) in [6.45, 7) is 1.66. The average Bonchev–Trinajstić information content (AvgIpc) is 2.46. The fourth-order valence-electron chi connectivity index (χ4n) is 1.65. The van der Waals surface area contributed by atoms with Crippen molar-refractivity contribution < 1.29 is 9.53 Å². The number of hydrogen-bond donors (Lipinski definition) is 0. The van der Waals surface area contributed by atoms with Crippen LogP contribution in [0.15, 0.2) is 36.5 Å². The highest BCUT2D eigenvalue weighted by Gasteiger charge is 2.08. The van der Waals surface area contributed by atoms with Crippen molar-refractivity contribution in [2.24, 2.45) is 0 Å². The van der Waals surface area contributed by atoms with E-state index in [4.69, 9.17) is 21.6 Å². The summed E-state index contributed by atoms with van der Waals surface area (Å²) < 4.78 is 5.57. The van der Waals surface area contributed by atoms with Crippen LogP contribution in [0.1, 0.15) is 28.5 Å². The number of carbonyl (C=O) groups excluding carboxylic acids is 1. The molecule has 0 bridgehead atoms. The molecule has 1 heterocycles. The van der Waals surface area contributed by atoms with E-state index in [0.29, 0.717) is 27.6 Å². The van der Waals surface area contributed by atoms with Gasteiger partial charge in [-0.05, 0) is 31.2 Å². The van der Waals surface area contributed by atoms with Crippen molar-refractivity contribution in [1.29, 1.82) is 5.26 Å². The Balaban J connectivity index is 2.16. The van der Waals surface area contributed by atoms with E-state index in [9.17, 15) is 4.79 Å². The number of aromatic nitrogens is 1. The lowest BCUT2D eigenvalue weighted by Crippen LogP contribution is -2.01. The normalized spacial score (nSPS) is 9.85. The largest absolute Gasteiger partial charge is 0.487 e. The van der Waals surface area contributed by atoms with Crippen LogP contribution in [0.3, 0.4) is 0 Å². The highest BCUT2D eigenvalue weighted by Crippen LogP contribution is 2.26. The number of carbonyl (C=O) groups is 1. The second-order valence-corrected chi connectivity index (χ2v) is 4.52. The van der Waals surface area contributed by atoms with Gasteiger partial charge in [0.15, 0.2) is 5.78 Å². The molecule has 0 fully saturated rings. The summed E-state index contributed by atoms with van der Waals surface area (Å²) in [5.74, 6) is 0.405. The number of benzene rings is 1. The monoisotopic (exact) mass is 286 g/mol. The zero-order valence-corrected chi connectivity index (χ0v) is 11.5. The fourth-order valence-corrected chi connectivity index (χ4v) is 1.88. The maximum Gasteiger partial charge on any atom is 0.159 e. The highest BCUT2D eigenvalue weighted by atomic mass is 35.5. The number of nitriles is 1. The van der Waals surface area contributed by atoms with Crippen molar-refractivity contribution in [3.8, 4) is 11.8 Å². The Bertz CT molecular complexity index is 693. The van der Waals surface area contributed by atoms with E-state index in [-0.39, 0.29) is 12.4 Å². The lowest BCUT2D eigenvalue weighted by Gasteiger charge is -2.09. The summed E-state index contributed by atoms with van der Waals surface area (Å²) in [4.78, 5) is 15.2. The van der Waals surface area contributed by atoms with Crippen LogP contribution < -0.4 is 4.74 Å². The number of hydrogen-bond acceptors (Lipinski definition) is 4. The first-order chi connectivity index (χ1) is 9.61. The van der Waals surface area contributed by atoms with Gasteiger partial charge in [0.05, 0.1) is 5.02 Å². The number of nitrogens with zero attached hydrogens (tertiary/aromatic N) is 2. The number of halogens is 1. The Kier molecular flexibility index (Phi) is 4.34. The second kappa shape index (κ2) is 6.18. The van der Waals surface area contributed by atoms with Crippen molar-refractivity contribution in [1.82, 2.24) is 4.98 Å². The minimum absolute atomic E-state index is 0.0579. The molecule has 0 amide bonds. The molecular formula is C15H11ClN2O2. The molecule has 0 aliphatic rings. The third-order valence-corrected chi connectivity index (χ3v) is 3.01. The smallest absolute Gasteiger partial charge is 0.159 e. The van der Waals surface area contributed by atoms with Crippen LogP contribution in [0, 0.1) is 11.3 Å². The molecule has 0 radical (unpaired) electrons. The third kappa shape index (κ3) is 3.14. The molecule has 5 heteroatoms. The summed E-state index contributed by atoms with van der Waals surface area (Å²) in [6, 6.07) is 10.4. The maximum atomic E-state index is 11.2. The summed E-state index contributed by atoms with van der Waals surface area (Å²) in [6.07, 6.45) is 1.55. The van der Waals surface area contributed by atoms with Crippen LogP contribution in [0.5, 0.6) is 5.75 Å². The van der Waals surface area contributed by atoms with Crippen LogP contribution in [-0.4, -0.2) is 10.8 Å². The van der Waals surface area contributed by atoms with Gasteiger partial charge in [-0.25, -0.2) is 4.98 Å². The molecular weight excluding hydrogens is 276 g/mol. The van der Waals surface area contributed by atoms with Gasteiger partial charge in [0.25, 0.3) is 0 Å². The second-order valence-electron chi connectivity index (χ2n) is 4.11. The maximum absolute atomic E-state index is 11.2. The number of ketones is 1. The van der Waals surface area contributed by atoms with Crippen molar-refractivity contribution in [3.63, 3.8) is 0 Å². The SMILES string of the molecule is CC(=O)c1ccc(OCc2cccnc2C#N)c(Cl)c1. The van der Waals surface area contributed by atoms with Gasteiger partial charge in [-0.3, -0.25) is 4.79 Å². The molecule has 1 aromatic carbocycles. The lowest BCUT2D eigenvalue weighted by atomic mass is 10.1. The molecule has 20 heavy (non-hydrogen) atoms. The molecule has 0 saturated carbocycles. The standard InChI is InChI=1S/C15H11ClN2O2/c1-10(19)11-4-5-15(13(16)7-11)20-9-12-3-2-6-18-14(12)8-17/h2-7H,9H2,1H3. The third-order valence-electron chi connectivity index (χ3n) is 2.72. The van der Waals surface area contributed by atoms with Crippen LogP contribution in [0.2, 0.25) is 5.02 Å². The molecule has 2 aromatic rings. The highest BCUT2D eigenvalue weighted by molar-refractivity contribution is 6.32. The Labute approximate surface area is 121 Å². The Morgan fingerprint density at radius 3 is 2.90 bits per heavy atom. The zero-order valence-electron chi connectivity index (χ0n) is 10.8. The number of rotatable bonds is 4. The van der Waals surface area contributed by atoms with Gasteiger partial charge in [-0.1, -0.05) is 17.7 Å². The first kappa shape index (κ1) is 14.0. The fraction of sp³-hybridized carbons (Fsp3) is 0.133. The zero-order chi connectivity index (χ0) is 14.5. The molecule has 1 aromatic heterocycles. The first-order valence-electron chi connectivity index (χ1n) is 5.89. The average molecular weight is 287 g/mol. The van der Waals surface area contributed by atoms with E-state index >= 15 is 0 Å². The number of Topliss-reactive ketones (excluding diaryl/α,β-unsaturated/α-hetero) is 1. The molecule has 0 saturated heterocycles. The molecule has 0 spiro atoms. The molecule has 0 atom stereocenters. The predicted molar refractivity (Wildman–Crippen MR) is 74.7 cm³/mol. The van der Waals surface area contributed by atoms with Crippen LogP contribution in [-0.2, 0) is 6.61 Å². The Morgan fingerprint density at radius 1 is 1.45 bits per heavy atom. The van der Waals surface area contributed by atoms with Gasteiger partial charge in [0.1, 0.15) is 24.1 Å². The van der Waals surface area contributed by atoms with Crippen LogP contribution in [0.25, 0.3) is 0 Å². The molecule has 0 N–H and O–H groups in total. The van der Waals surface area contributed by atoms with Crippen molar-refractivity contribution >= 4 is 17.4 Å². The molecule has 0 aliphatic carbocycles. The predicted octanol–water partition coefficient (Wildman–Crippen LogP) is 3.39. The van der Waals surface area contributed by atoms with Gasteiger partial charge in [0, 0.05) is 17.3 Å². The van der Waals surface area contributed by atoms with Gasteiger partial charge in [-0.15, -0.1) is 0 Å². The van der Waals surface area contributed by atoms with E-state index in [1.165, 1.54) is 6.92 Å². The first-order valence-corrected chi connectivity index (χ1v) is 6.27. The summed E-state index contributed by atoms with van der Waals surface area (Å²) in [5, 5.41) is 9.30. The van der Waals surface area contributed by atoms with Gasteiger partial charge >= 0.3 is 0 Å². The summed E-state index contributed by atoms with van der Waals surface area (Å²) in [7, 11) is 0. The summed E-state index contributed by atoms with van der Waals surface area (Å²) >= 11 is 6.06. The minimum atomic E-state index is -0.0579. The van der Waals surface area contributed by atoms with Gasteiger partial charge in [-0.2, -0.15) is 5.26 Å². The lowest BCUT2D eigenvalue weighted by molar-refractivity contribution is 0.101. The van der Waals surface area contributed by atoms with Crippen LogP contribution >= 0.6 is 11.6 Å².